The van der Waals surface area contributed by atoms with Crippen molar-refractivity contribution in [3.8, 4) is 10.8 Å². The van der Waals surface area contributed by atoms with Crippen LogP contribution >= 0.6 is 27.3 Å². The Bertz CT molecular complexity index is 586. The van der Waals surface area contributed by atoms with E-state index in [2.05, 4.69) is 36.3 Å². The smallest absolute Gasteiger partial charge is 0.257 e. The molecule has 1 N–H and O–H groups in total. The molecule has 0 spiro atoms. The minimum Gasteiger partial charge on any atom is -0.419 e. The van der Waals surface area contributed by atoms with Crippen LogP contribution in [-0.2, 0) is 11.3 Å². The fraction of sp³-hybridized carbons (Fsp3) is 0.538. The number of thiophene rings is 1. The summed E-state index contributed by atoms with van der Waals surface area (Å²) in [6, 6.07) is 3.96. The van der Waals surface area contributed by atoms with Crippen molar-refractivity contribution < 1.29 is 9.15 Å². The first kappa shape index (κ1) is 15.1. The minimum absolute atomic E-state index is 0.222. The number of morpholine rings is 1. The summed E-state index contributed by atoms with van der Waals surface area (Å²) in [5.41, 5.74) is 0. The monoisotopic (exact) mass is 372 g/mol. The Morgan fingerprint density at radius 3 is 3.14 bits per heavy atom. The van der Waals surface area contributed by atoms with Gasteiger partial charge in [0.2, 0.25) is 5.89 Å². The number of likely N-dealkylation sites (N-methyl/N-ethyl adjacent to an activating group) is 1. The predicted octanol–water partition coefficient (Wildman–Crippen LogP) is 1.98. The average molecular weight is 373 g/mol. The predicted molar refractivity (Wildman–Crippen MR) is 84.3 cm³/mol. The summed E-state index contributed by atoms with van der Waals surface area (Å²) < 4.78 is 12.5. The van der Waals surface area contributed by atoms with Gasteiger partial charge >= 0.3 is 0 Å². The Hall–Kier alpha value is -0.800. The van der Waals surface area contributed by atoms with Gasteiger partial charge in [0, 0.05) is 19.6 Å². The van der Waals surface area contributed by atoms with E-state index in [1.54, 1.807) is 11.3 Å². The average Bonchev–Trinajstić information content (AvgIpc) is 3.09. The second kappa shape index (κ2) is 6.97. The number of ether oxygens (including phenoxy) is 1. The lowest BCUT2D eigenvalue weighted by atomic mass is 10.2. The molecule has 21 heavy (non-hydrogen) atoms. The van der Waals surface area contributed by atoms with Crippen molar-refractivity contribution in [1.29, 1.82) is 0 Å². The maximum atomic E-state index is 5.75. The number of nitrogens with one attached hydrogen (secondary N) is 1. The van der Waals surface area contributed by atoms with E-state index in [4.69, 9.17) is 9.15 Å². The van der Waals surface area contributed by atoms with Crippen LogP contribution in [0, 0.1) is 0 Å². The number of rotatable bonds is 5. The molecule has 3 rings (SSSR count). The number of aromatic nitrogens is 2. The molecule has 1 unspecified atom stereocenters. The molecule has 0 radical (unpaired) electrons. The van der Waals surface area contributed by atoms with E-state index >= 15 is 0 Å². The largest absolute Gasteiger partial charge is 0.419 e. The lowest BCUT2D eigenvalue weighted by molar-refractivity contribution is -0.0313. The molecule has 0 amide bonds. The van der Waals surface area contributed by atoms with Crippen LogP contribution in [0.3, 0.4) is 0 Å². The first-order valence-electron chi connectivity index (χ1n) is 6.81. The molecular formula is C13H17BrN4O2S. The normalized spacial score (nSPS) is 20.0. The number of nitrogens with zero attached hydrogens (tertiary/aromatic N) is 3. The number of halogens is 1. The molecule has 0 aliphatic carbocycles. The lowest BCUT2D eigenvalue weighted by Gasteiger charge is -2.31. The van der Waals surface area contributed by atoms with Crippen LogP contribution in [0.5, 0.6) is 0 Å². The molecule has 2 aromatic rings. The summed E-state index contributed by atoms with van der Waals surface area (Å²) in [6.45, 7) is 4.04. The van der Waals surface area contributed by atoms with Gasteiger partial charge in [-0.3, -0.25) is 4.90 Å². The zero-order chi connectivity index (χ0) is 14.7. The van der Waals surface area contributed by atoms with E-state index in [1.165, 1.54) is 0 Å². The maximum absolute atomic E-state index is 5.75. The van der Waals surface area contributed by atoms with Gasteiger partial charge in [-0.25, -0.2) is 0 Å². The minimum atomic E-state index is 0.222. The van der Waals surface area contributed by atoms with Crippen molar-refractivity contribution in [3.05, 3.63) is 21.8 Å². The first-order chi connectivity index (χ1) is 10.2. The Morgan fingerprint density at radius 2 is 2.38 bits per heavy atom. The van der Waals surface area contributed by atoms with Gasteiger partial charge in [-0.05, 0) is 35.1 Å². The topological polar surface area (TPSA) is 63.4 Å². The molecule has 1 atom stereocenters. The van der Waals surface area contributed by atoms with Crippen LogP contribution in [0.2, 0.25) is 0 Å². The third-order valence-corrected chi connectivity index (χ3v) is 4.88. The molecule has 6 nitrogen and oxygen atoms in total. The van der Waals surface area contributed by atoms with Gasteiger partial charge in [-0.15, -0.1) is 21.5 Å². The van der Waals surface area contributed by atoms with Crippen molar-refractivity contribution in [3.63, 3.8) is 0 Å². The Labute approximate surface area is 135 Å². The molecule has 0 saturated carbocycles. The molecule has 114 valence electrons. The highest BCUT2D eigenvalue weighted by atomic mass is 79.9. The quantitative estimate of drug-likeness (QED) is 0.865. The second-order valence-electron chi connectivity index (χ2n) is 4.89. The van der Waals surface area contributed by atoms with E-state index in [1.807, 2.05) is 19.2 Å². The summed E-state index contributed by atoms with van der Waals surface area (Å²) in [7, 11) is 1.94. The van der Waals surface area contributed by atoms with Gasteiger partial charge in [-0.2, -0.15) is 0 Å². The standard InChI is InChI=1S/C13H17BrN4O2S/c1-15-6-9-7-18(4-5-19-9)8-12-16-17-13(20-12)10-2-3-11(14)21-10/h2-3,9,15H,4-8H2,1H3. The molecule has 2 aromatic heterocycles. The molecule has 0 bridgehead atoms. The maximum Gasteiger partial charge on any atom is 0.257 e. The number of hydrogen-bond donors (Lipinski definition) is 1. The van der Waals surface area contributed by atoms with Crippen molar-refractivity contribution in [2.24, 2.45) is 0 Å². The van der Waals surface area contributed by atoms with Gasteiger partial charge in [0.05, 0.1) is 27.9 Å². The second-order valence-corrected chi connectivity index (χ2v) is 7.35. The zero-order valence-corrected chi connectivity index (χ0v) is 14.1. The third kappa shape index (κ3) is 3.89. The Morgan fingerprint density at radius 1 is 1.48 bits per heavy atom. The molecule has 3 heterocycles. The molecule has 0 aromatic carbocycles. The summed E-state index contributed by atoms with van der Waals surface area (Å²) in [6.07, 6.45) is 0.222. The van der Waals surface area contributed by atoms with Gasteiger partial charge in [0.1, 0.15) is 0 Å². The lowest BCUT2D eigenvalue weighted by Crippen LogP contribution is -2.45. The van der Waals surface area contributed by atoms with Gasteiger partial charge in [-0.1, -0.05) is 0 Å². The van der Waals surface area contributed by atoms with Gasteiger partial charge < -0.3 is 14.5 Å². The molecule has 1 aliphatic heterocycles. The van der Waals surface area contributed by atoms with E-state index in [0.29, 0.717) is 18.3 Å². The van der Waals surface area contributed by atoms with Crippen LogP contribution in [-0.4, -0.2) is 54.5 Å². The highest BCUT2D eigenvalue weighted by Gasteiger charge is 2.22. The Kier molecular flexibility index (Phi) is 5.02. The molecular weight excluding hydrogens is 356 g/mol. The van der Waals surface area contributed by atoms with E-state index in [9.17, 15) is 0 Å². The molecule has 1 fully saturated rings. The SMILES string of the molecule is CNCC1CN(Cc2nnc(-c3ccc(Br)s3)o2)CCO1. The van der Waals surface area contributed by atoms with Crippen LogP contribution in [0.1, 0.15) is 5.89 Å². The molecule has 8 heteroatoms. The van der Waals surface area contributed by atoms with Crippen LogP contribution in [0.15, 0.2) is 20.3 Å². The van der Waals surface area contributed by atoms with Crippen molar-refractivity contribution >= 4 is 27.3 Å². The molecule has 1 saturated heterocycles. The Balaban J connectivity index is 1.61. The fourth-order valence-electron chi connectivity index (χ4n) is 2.31. The fourth-order valence-corrected chi connectivity index (χ4v) is 3.62. The van der Waals surface area contributed by atoms with Crippen molar-refractivity contribution in [2.75, 3.05) is 33.3 Å². The van der Waals surface area contributed by atoms with Crippen molar-refractivity contribution in [2.45, 2.75) is 12.6 Å². The molecule has 1 aliphatic rings. The highest BCUT2D eigenvalue weighted by molar-refractivity contribution is 9.11. The van der Waals surface area contributed by atoms with Gasteiger partial charge in [0.25, 0.3) is 5.89 Å². The summed E-state index contributed by atoms with van der Waals surface area (Å²) in [5.74, 6) is 1.24. The first-order valence-corrected chi connectivity index (χ1v) is 8.42. The van der Waals surface area contributed by atoms with Crippen LogP contribution in [0.4, 0.5) is 0 Å². The summed E-state index contributed by atoms with van der Waals surface area (Å²) in [4.78, 5) is 3.27. The van der Waals surface area contributed by atoms with E-state index in [-0.39, 0.29) is 6.10 Å². The zero-order valence-electron chi connectivity index (χ0n) is 11.7. The van der Waals surface area contributed by atoms with Gasteiger partial charge in [0.15, 0.2) is 0 Å². The third-order valence-electron chi connectivity index (χ3n) is 3.26. The van der Waals surface area contributed by atoms with E-state index < -0.39 is 0 Å². The summed E-state index contributed by atoms with van der Waals surface area (Å²) in [5, 5.41) is 11.4. The summed E-state index contributed by atoms with van der Waals surface area (Å²) >= 11 is 5.02. The number of hydrogen-bond acceptors (Lipinski definition) is 7. The van der Waals surface area contributed by atoms with Crippen LogP contribution < -0.4 is 5.32 Å². The van der Waals surface area contributed by atoms with Crippen molar-refractivity contribution in [1.82, 2.24) is 20.4 Å². The van der Waals surface area contributed by atoms with Crippen LogP contribution in [0.25, 0.3) is 10.8 Å². The highest BCUT2D eigenvalue weighted by Crippen LogP contribution is 2.30. The van der Waals surface area contributed by atoms with E-state index in [0.717, 1.165) is 34.9 Å².